The van der Waals surface area contributed by atoms with E-state index in [0.717, 1.165) is 6.07 Å². The molecule has 1 rings (SSSR count). The fraction of sp³-hybridized carbons (Fsp3) is 0.300. The molecule has 0 aliphatic carbocycles. The first-order valence-electron chi connectivity index (χ1n) is 4.22. The van der Waals surface area contributed by atoms with Gasteiger partial charge in [0.05, 0.1) is 11.6 Å². The van der Waals surface area contributed by atoms with Gasteiger partial charge in [-0.05, 0) is 31.5 Å². The zero-order valence-corrected chi connectivity index (χ0v) is 8.04. The van der Waals surface area contributed by atoms with Crippen molar-refractivity contribution in [2.24, 2.45) is 5.73 Å². The van der Waals surface area contributed by atoms with Crippen LogP contribution in [0.3, 0.4) is 0 Å². The van der Waals surface area contributed by atoms with Gasteiger partial charge in [0.15, 0.2) is 17.3 Å². The van der Waals surface area contributed by atoms with E-state index in [9.17, 15) is 14.3 Å². The average molecular weight is 197 g/mol. The second-order valence-corrected chi connectivity index (χ2v) is 3.30. The van der Waals surface area contributed by atoms with Gasteiger partial charge in [-0.15, -0.1) is 0 Å². The van der Waals surface area contributed by atoms with Crippen molar-refractivity contribution in [1.29, 1.82) is 0 Å². The number of halogens is 1. The molecule has 0 heterocycles. The van der Waals surface area contributed by atoms with Crippen LogP contribution in [0, 0.1) is 12.7 Å². The Kier molecular flexibility index (Phi) is 2.86. The number of hydrogen-bond acceptors (Lipinski definition) is 3. The van der Waals surface area contributed by atoms with E-state index < -0.39 is 23.4 Å². The third kappa shape index (κ3) is 1.90. The predicted molar refractivity (Wildman–Crippen MR) is 50.8 cm³/mol. The minimum atomic E-state index is -0.797. The fourth-order valence-corrected chi connectivity index (χ4v) is 1.17. The van der Waals surface area contributed by atoms with Crippen LogP contribution in [0.15, 0.2) is 12.1 Å². The number of rotatable bonds is 2. The zero-order valence-electron chi connectivity index (χ0n) is 8.04. The number of Topliss-reactive ketones (excluding diaryl/α,β-unsaturated/α-hetero) is 1. The minimum Gasteiger partial charge on any atom is -0.504 e. The normalized spacial score (nSPS) is 12.6. The van der Waals surface area contributed by atoms with Gasteiger partial charge in [0.1, 0.15) is 0 Å². The monoisotopic (exact) mass is 197 g/mol. The van der Waals surface area contributed by atoms with Gasteiger partial charge in [0.2, 0.25) is 0 Å². The SMILES string of the molecule is Cc1cc(F)c(O)c(C(=O)C(C)N)c1. The number of aryl methyl sites for hydroxylation is 1. The van der Waals surface area contributed by atoms with Crippen LogP contribution < -0.4 is 5.73 Å². The topological polar surface area (TPSA) is 63.3 Å². The number of hydrogen-bond donors (Lipinski definition) is 2. The molecule has 0 bridgehead atoms. The smallest absolute Gasteiger partial charge is 0.183 e. The number of ketones is 1. The van der Waals surface area contributed by atoms with Crippen molar-refractivity contribution in [3.8, 4) is 5.75 Å². The maximum absolute atomic E-state index is 13.0. The summed E-state index contributed by atoms with van der Waals surface area (Å²) >= 11 is 0. The first-order valence-corrected chi connectivity index (χ1v) is 4.22. The third-order valence-corrected chi connectivity index (χ3v) is 1.89. The van der Waals surface area contributed by atoms with Crippen molar-refractivity contribution in [1.82, 2.24) is 0 Å². The first-order chi connectivity index (χ1) is 6.43. The summed E-state index contributed by atoms with van der Waals surface area (Å²) < 4.78 is 13.0. The predicted octanol–water partition coefficient (Wildman–Crippen LogP) is 1.37. The molecule has 0 fully saturated rings. The Bertz CT molecular complexity index is 375. The highest BCUT2D eigenvalue weighted by Gasteiger charge is 2.18. The maximum Gasteiger partial charge on any atom is 0.183 e. The van der Waals surface area contributed by atoms with Crippen molar-refractivity contribution in [2.45, 2.75) is 19.9 Å². The van der Waals surface area contributed by atoms with Gasteiger partial charge in [-0.2, -0.15) is 0 Å². The van der Waals surface area contributed by atoms with E-state index in [2.05, 4.69) is 0 Å². The highest BCUT2D eigenvalue weighted by Crippen LogP contribution is 2.23. The molecule has 0 aliphatic heterocycles. The zero-order chi connectivity index (χ0) is 10.9. The lowest BCUT2D eigenvalue weighted by atomic mass is 10.0. The maximum atomic E-state index is 13.0. The summed E-state index contributed by atoms with van der Waals surface area (Å²) in [6.07, 6.45) is 0. The Hall–Kier alpha value is -1.42. The fourth-order valence-electron chi connectivity index (χ4n) is 1.17. The summed E-state index contributed by atoms with van der Waals surface area (Å²) in [6, 6.07) is 1.83. The molecule has 4 heteroatoms. The van der Waals surface area contributed by atoms with E-state index in [1.165, 1.54) is 13.0 Å². The average Bonchev–Trinajstić information content (AvgIpc) is 2.09. The quantitative estimate of drug-likeness (QED) is 0.704. The third-order valence-electron chi connectivity index (χ3n) is 1.89. The van der Waals surface area contributed by atoms with Crippen LogP contribution in [0.25, 0.3) is 0 Å². The molecule has 0 aliphatic rings. The Morgan fingerprint density at radius 3 is 2.64 bits per heavy atom. The number of phenols is 1. The lowest BCUT2D eigenvalue weighted by Gasteiger charge is -2.08. The molecule has 0 aromatic heterocycles. The second-order valence-electron chi connectivity index (χ2n) is 3.30. The van der Waals surface area contributed by atoms with Gasteiger partial charge >= 0.3 is 0 Å². The van der Waals surface area contributed by atoms with Gasteiger partial charge in [0.25, 0.3) is 0 Å². The molecule has 14 heavy (non-hydrogen) atoms. The van der Waals surface area contributed by atoms with Crippen molar-refractivity contribution >= 4 is 5.78 Å². The number of aromatic hydroxyl groups is 1. The molecule has 0 saturated heterocycles. The summed E-state index contributed by atoms with van der Waals surface area (Å²) in [5.41, 5.74) is 5.87. The first kappa shape index (κ1) is 10.7. The van der Waals surface area contributed by atoms with Crippen molar-refractivity contribution in [3.05, 3.63) is 29.1 Å². The van der Waals surface area contributed by atoms with Gasteiger partial charge < -0.3 is 10.8 Å². The van der Waals surface area contributed by atoms with Crippen LogP contribution in [0.1, 0.15) is 22.8 Å². The van der Waals surface area contributed by atoms with Crippen molar-refractivity contribution < 1.29 is 14.3 Å². The largest absolute Gasteiger partial charge is 0.504 e. The minimum absolute atomic E-state index is 0.0579. The highest BCUT2D eigenvalue weighted by atomic mass is 19.1. The Morgan fingerprint density at radius 1 is 1.57 bits per heavy atom. The molecule has 3 N–H and O–H groups in total. The number of carbonyl (C=O) groups excluding carboxylic acids is 1. The van der Waals surface area contributed by atoms with Crippen molar-refractivity contribution in [3.63, 3.8) is 0 Å². The van der Waals surface area contributed by atoms with Crippen LogP contribution in [0.4, 0.5) is 4.39 Å². The van der Waals surface area contributed by atoms with E-state index in [1.54, 1.807) is 6.92 Å². The summed E-state index contributed by atoms with van der Waals surface area (Å²) in [5, 5.41) is 9.29. The molecular weight excluding hydrogens is 185 g/mol. The molecule has 0 spiro atoms. The van der Waals surface area contributed by atoms with Crippen LogP contribution in [0.2, 0.25) is 0 Å². The van der Waals surface area contributed by atoms with Gasteiger partial charge in [-0.3, -0.25) is 4.79 Å². The van der Waals surface area contributed by atoms with Crippen LogP contribution >= 0.6 is 0 Å². The molecule has 1 aromatic carbocycles. The number of benzene rings is 1. The van der Waals surface area contributed by atoms with Crippen LogP contribution in [-0.4, -0.2) is 16.9 Å². The Labute approximate surface area is 81.4 Å². The van der Waals surface area contributed by atoms with E-state index in [0.29, 0.717) is 5.56 Å². The van der Waals surface area contributed by atoms with Crippen LogP contribution in [0.5, 0.6) is 5.75 Å². The molecule has 1 aromatic rings. The summed E-state index contributed by atoms with van der Waals surface area (Å²) in [4.78, 5) is 11.4. The van der Waals surface area contributed by atoms with E-state index in [4.69, 9.17) is 5.73 Å². The lowest BCUT2D eigenvalue weighted by Crippen LogP contribution is -2.26. The lowest BCUT2D eigenvalue weighted by molar-refractivity contribution is 0.0964. The molecule has 0 radical (unpaired) electrons. The van der Waals surface area contributed by atoms with E-state index >= 15 is 0 Å². The molecule has 0 saturated carbocycles. The number of nitrogens with two attached hydrogens (primary N) is 1. The Morgan fingerprint density at radius 2 is 2.14 bits per heavy atom. The summed E-state index contributed by atoms with van der Waals surface area (Å²) in [5.74, 6) is -1.89. The molecule has 0 amide bonds. The van der Waals surface area contributed by atoms with E-state index in [1.807, 2.05) is 0 Å². The highest BCUT2D eigenvalue weighted by molar-refractivity contribution is 6.02. The standard InChI is InChI=1S/C10H12FNO2/c1-5-3-7(9(13)6(2)12)10(14)8(11)4-5/h3-4,6,14H,12H2,1-2H3. The number of carbonyl (C=O) groups is 1. The molecule has 1 atom stereocenters. The molecule has 1 unspecified atom stereocenters. The van der Waals surface area contributed by atoms with E-state index in [-0.39, 0.29) is 5.56 Å². The van der Waals surface area contributed by atoms with Crippen molar-refractivity contribution in [2.75, 3.05) is 0 Å². The summed E-state index contributed by atoms with van der Waals surface area (Å²) in [7, 11) is 0. The molecule has 76 valence electrons. The van der Waals surface area contributed by atoms with Crippen LogP contribution in [-0.2, 0) is 0 Å². The summed E-state index contributed by atoms with van der Waals surface area (Å²) in [6.45, 7) is 3.13. The second kappa shape index (κ2) is 3.75. The Balaban J connectivity index is 3.27. The molecule has 3 nitrogen and oxygen atoms in total. The van der Waals surface area contributed by atoms with Gasteiger partial charge in [0, 0.05) is 0 Å². The van der Waals surface area contributed by atoms with Gasteiger partial charge in [-0.25, -0.2) is 4.39 Å². The number of phenolic OH excluding ortho intramolecular Hbond substituents is 1. The van der Waals surface area contributed by atoms with Gasteiger partial charge in [-0.1, -0.05) is 0 Å². The molecular formula is C10H12FNO2.